The molecule has 0 atom stereocenters. The number of thiazole rings is 1. The van der Waals surface area contributed by atoms with Gasteiger partial charge < -0.3 is 4.74 Å². The van der Waals surface area contributed by atoms with Crippen LogP contribution in [0.25, 0.3) is 11.0 Å². The summed E-state index contributed by atoms with van der Waals surface area (Å²) in [6.45, 7) is 4.28. The van der Waals surface area contributed by atoms with Gasteiger partial charge in [0.15, 0.2) is 0 Å². The first-order valence-corrected chi connectivity index (χ1v) is 8.56. The van der Waals surface area contributed by atoms with Gasteiger partial charge in [-0.2, -0.15) is 14.6 Å². The second-order valence-corrected chi connectivity index (χ2v) is 6.36. The molecule has 0 amide bonds. The van der Waals surface area contributed by atoms with E-state index in [1.807, 2.05) is 24.3 Å². The number of hydrogen-bond donors (Lipinski definition) is 0. The second kappa shape index (κ2) is 6.92. The molecule has 7 heteroatoms. The zero-order chi connectivity index (χ0) is 17.1. The summed E-state index contributed by atoms with van der Waals surface area (Å²) in [7, 11) is 0. The monoisotopic (exact) mass is 343 g/mol. The Kier molecular flexibility index (Phi) is 4.71. The zero-order valence-electron chi connectivity index (χ0n) is 13.5. The molecule has 1 aromatic carbocycles. The highest BCUT2D eigenvalue weighted by Crippen LogP contribution is 2.19. The van der Waals surface area contributed by atoms with E-state index in [0.29, 0.717) is 16.1 Å². The van der Waals surface area contributed by atoms with Crippen molar-refractivity contribution in [3.63, 3.8) is 0 Å². The minimum Gasteiger partial charge on any atom is -0.493 e. The SMILES string of the molecule is CCCCOc1ccccc1C=c1sc2nc(=O)c(C)nn2c1=O. The molecular formula is C17H17N3O3S. The van der Waals surface area contributed by atoms with Crippen LogP contribution in [0, 0.1) is 6.92 Å². The Hall–Kier alpha value is -2.54. The lowest BCUT2D eigenvalue weighted by atomic mass is 10.2. The van der Waals surface area contributed by atoms with E-state index in [1.54, 1.807) is 13.0 Å². The first-order valence-electron chi connectivity index (χ1n) is 7.74. The predicted octanol–water partition coefficient (Wildman–Crippen LogP) is 1.55. The summed E-state index contributed by atoms with van der Waals surface area (Å²) in [5.74, 6) is 0.731. The number of hydrogen-bond acceptors (Lipinski definition) is 6. The van der Waals surface area contributed by atoms with Crippen LogP contribution in [0.5, 0.6) is 5.75 Å². The van der Waals surface area contributed by atoms with Gasteiger partial charge in [0.2, 0.25) is 4.96 Å². The molecular weight excluding hydrogens is 326 g/mol. The van der Waals surface area contributed by atoms with E-state index in [9.17, 15) is 9.59 Å². The van der Waals surface area contributed by atoms with Gasteiger partial charge in [0.25, 0.3) is 11.1 Å². The third-order valence-electron chi connectivity index (χ3n) is 3.50. The van der Waals surface area contributed by atoms with Crippen LogP contribution >= 0.6 is 11.3 Å². The van der Waals surface area contributed by atoms with Gasteiger partial charge in [-0.3, -0.25) is 9.59 Å². The van der Waals surface area contributed by atoms with E-state index < -0.39 is 5.56 Å². The topological polar surface area (TPSA) is 73.6 Å². The third kappa shape index (κ3) is 3.21. The smallest absolute Gasteiger partial charge is 0.295 e. The highest BCUT2D eigenvalue weighted by Gasteiger charge is 2.09. The van der Waals surface area contributed by atoms with Crippen molar-refractivity contribution >= 4 is 22.4 Å². The van der Waals surface area contributed by atoms with Crippen molar-refractivity contribution in [2.45, 2.75) is 26.7 Å². The van der Waals surface area contributed by atoms with Crippen molar-refractivity contribution in [1.82, 2.24) is 14.6 Å². The maximum absolute atomic E-state index is 12.5. The Bertz CT molecular complexity index is 1040. The number of benzene rings is 1. The van der Waals surface area contributed by atoms with Crippen molar-refractivity contribution in [1.29, 1.82) is 0 Å². The van der Waals surface area contributed by atoms with E-state index in [0.717, 1.165) is 35.5 Å². The Balaban J connectivity index is 2.09. The zero-order valence-corrected chi connectivity index (χ0v) is 14.3. The molecule has 0 bridgehead atoms. The Morgan fingerprint density at radius 3 is 2.88 bits per heavy atom. The molecule has 0 spiro atoms. The van der Waals surface area contributed by atoms with E-state index in [-0.39, 0.29) is 11.3 Å². The minimum absolute atomic E-state index is 0.206. The Morgan fingerprint density at radius 1 is 1.29 bits per heavy atom. The average Bonchev–Trinajstić information content (AvgIpc) is 2.86. The van der Waals surface area contributed by atoms with Crippen molar-refractivity contribution in [2.24, 2.45) is 0 Å². The molecule has 124 valence electrons. The molecule has 0 radical (unpaired) electrons. The van der Waals surface area contributed by atoms with E-state index in [2.05, 4.69) is 17.0 Å². The number of para-hydroxylation sites is 1. The van der Waals surface area contributed by atoms with Gasteiger partial charge >= 0.3 is 0 Å². The fourth-order valence-corrected chi connectivity index (χ4v) is 3.08. The summed E-state index contributed by atoms with van der Waals surface area (Å²) in [5, 5.41) is 4.01. The molecule has 0 N–H and O–H groups in total. The van der Waals surface area contributed by atoms with Crippen molar-refractivity contribution < 1.29 is 4.74 Å². The second-order valence-electron chi connectivity index (χ2n) is 5.35. The highest BCUT2D eigenvalue weighted by atomic mass is 32.1. The highest BCUT2D eigenvalue weighted by molar-refractivity contribution is 7.15. The predicted molar refractivity (Wildman–Crippen MR) is 93.8 cm³/mol. The fourth-order valence-electron chi connectivity index (χ4n) is 2.19. The van der Waals surface area contributed by atoms with Gasteiger partial charge in [0.1, 0.15) is 11.4 Å². The van der Waals surface area contributed by atoms with Crippen LogP contribution in [0.2, 0.25) is 0 Å². The summed E-state index contributed by atoms with van der Waals surface area (Å²) >= 11 is 1.14. The summed E-state index contributed by atoms with van der Waals surface area (Å²) in [6.07, 6.45) is 3.78. The number of aryl methyl sites for hydroxylation is 1. The lowest BCUT2D eigenvalue weighted by Gasteiger charge is -2.07. The summed E-state index contributed by atoms with van der Waals surface area (Å²) in [4.78, 5) is 28.3. The standard InChI is InChI=1S/C17H17N3O3S/c1-3-4-9-23-13-8-6-5-7-12(13)10-14-16(22)20-17(24-14)18-15(21)11(2)19-20/h5-8,10H,3-4,9H2,1-2H3. The lowest BCUT2D eigenvalue weighted by Crippen LogP contribution is -2.27. The molecule has 0 fully saturated rings. The molecule has 2 aromatic heterocycles. The number of ether oxygens (including phenoxy) is 1. The summed E-state index contributed by atoms with van der Waals surface area (Å²) < 4.78 is 7.42. The fraction of sp³-hybridized carbons (Fsp3) is 0.294. The molecule has 0 aliphatic carbocycles. The normalized spacial score (nSPS) is 12.0. The summed E-state index contributed by atoms with van der Waals surface area (Å²) in [5.41, 5.74) is 0.328. The molecule has 24 heavy (non-hydrogen) atoms. The molecule has 0 aliphatic heterocycles. The van der Waals surface area contributed by atoms with Crippen molar-refractivity contribution in [3.05, 3.63) is 60.8 Å². The molecule has 0 aliphatic rings. The average molecular weight is 343 g/mol. The van der Waals surface area contributed by atoms with Gasteiger partial charge in [0, 0.05) is 5.56 Å². The number of unbranched alkanes of at least 4 members (excludes halogenated alkanes) is 1. The third-order valence-corrected chi connectivity index (χ3v) is 4.46. The Morgan fingerprint density at radius 2 is 2.08 bits per heavy atom. The van der Waals surface area contributed by atoms with Gasteiger partial charge in [-0.25, -0.2) is 0 Å². The van der Waals surface area contributed by atoms with Crippen molar-refractivity contribution in [2.75, 3.05) is 6.61 Å². The van der Waals surface area contributed by atoms with Crippen LogP contribution in [0.15, 0.2) is 33.9 Å². The van der Waals surface area contributed by atoms with Gasteiger partial charge in [0.05, 0.1) is 11.1 Å². The van der Waals surface area contributed by atoms with Gasteiger partial charge in [-0.1, -0.05) is 42.9 Å². The molecule has 6 nitrogen and oxygen atoms in total. The number of nitrogens with zero attached hydrogens (tertiary/aromatic N) is 3. The molecule has 3 rings (SSSR count). The van der Waals surface area contributed by atoms with Crippen LogP contribution in [-0.2, 0) is 0 Å². The number of fused-ring (bicyclic) bond motifs is 1. The first kappa shape index (κ1) is 16.3. The molecule has 3 aromatic rings. The van der Waals surface area contributed by atoms with E-state index in [1.165, 1.54) is 4.52 Å². The number of aromatic nitrogens is 3. The minimum atomic E-state index is -0.411. The van der Waals surface area contributed by atoms with E-state index >= 15 is 0 Å². The maximum atomic E-state index is 12.5. The van der Waals surface area contributed by atoms with Crippen LogP contribution in [0.3, 0.4) is 0 Å². The lowest BCUT2D eigenvalue weighted by molar-refractivity contribution is 0.309. The largest absolute Gasteiger partial charge is 0.493 e. The Labute approximate surface area is 142 Å². The van der Waals surface area contributed by atoms with Gasteiger partial charge in [-0.15, -0.1) is 0 Å². The number of rotatable bonds is 5. The van der Waals surface area contributed by atoms with Gasteiger partial charge in [-0.05, 0) is 25.5 Å². The molecule has 0 unspecified atom stereocenters. The van der Waals surface area contributed by atoms with Crippen molar-refractivity contribution in [3.8, 4) is 5.75 Å². The van der Waals surface area contributed by atoms with Crippen LogP contribution in [-0.4, -0.2) is 21.2 Å². The van der Waals surface area contributed by atoms with Crippen LogP contribution in [0.1, 0.15) is 31.0 Å². The molecule has 0 saturated carbocycles. The quantitative estimate of drug-likeness (QED) is 0.657. The maximum Gasteiger partial charge on any atom is 0.295 e. The summed E-state index contributed by atoms with van der Waals surface area (Å²) in [6, 6.07) is 7.55. The molecule has 2 heterocycles. The molecule has 0 saturated heterocycles. The first-order chi connectivity index (χ1) is 11.6. The van der Waals surface area contributed by atoms with Crippen LogP contribution < -0.4 is 20.4 Å². The van der Waals surface area contributed by atoms with E-state index in [4.69, 9.17) is 4.74 Å². The van der Waals surface area contributed by atoms with Crippen LogP contribution in [0.4, 0.5) is 0 Å².